The Morgan fingerprint density at radius 2 is 1.85 bits per heavy atom. The van der Waals surface area contributed by atoms with Gasteiger partial charge in [-0.1, -0.05) is 19.4 Å². The second-order valence-corrected chi connectivity index (χ2v) is 7.56. The molecule has 0 unspecified atom stereocenters. The zero-order valence-electron chi connectivity index (χ0n) is 15.0. The Balaban J connectivity index is 2.15. The summed E-state index contributed by atoms with van der Waals surface area (Å²) in [5.74, 6) is -0.480. The third kappa shape index (κ3) is 5.27. The van der Waals surface area contributed by atoms with Crippen molar-refractivity contribution in [1.29, 1.82) is 0 Å². The maximum atomic E-state index is 12.5. The first kappa shape index (κ1) is 20.4. The zero-order valence-corrected chi connectivity index (χ0v) is 15.8. The van der Waals surface area contributed by atoms with Crippen LogP contribution in [-0.2, 0) is 14.8 Å². The smallest absolute Gasteiger partial charge is 0.338 e. The van der Waals surface area contributed by atoms with Gasteiger partial charge >= 0.3 is 5.97 Å². The number of nitro groups is 1. The van der Waals surface area contributed by atoms with E-state index >= 15 is 0 Å². The Hall–Kier alpha value is -2.94. The molecule has 0 amide bonds. The van der Waals surface area contributed by atoms with Gasteiger partial charge in [0.2, 0.25) is 0 Å². The van der Waals surface area contributed by atoms with E-state index in [1.54, 1.807) is 0 Å². The average Bonchev–Trinajstić information content (AvgIpc) is 2.62. The van der Waals surface area contributed by atoms with E-state index in [1.165, 1.54) is 43.3 Å². The van der Waals surface area contributed by atoms with Crippen molar-refractivity contribution < 1.29 is 22.9 Å². The molecule has 0 heterocycles. The SMILES string of the molecule is CCCCOC(=O)c1ccc(NS(=O)(=O)c2ccc(C)c([N+](=O)[O-])c2)cc1. The number of rotatable bonds is 8. The molecule has 0 aliphatic rings. The van der Waals surface area contributed by atoms with Gasteiger partial charge < -0.3 is 4.74 Å². The molecular formula is C18H20N2O6S. The van der Waals surface area contributed by atoms with Gasteiger partial charge in [-0.25, -0.2) is 13.2 Å². The first-order chi connectivity index (χ1) is 12.7. The van der Waals surface area contributed by atoms with Crippen LogP contribution in [0, 0.1) is 17.0 Å². The van der Waals surface area contributed by atoms with Gasteiger partial charge in [-0.2, -0.15) is 0 Å². The Kier molecular flexibility index (Phi) is 6.51. The lowest BCUT2D eigenvalue weighted by atomic mass is 10.2. The summed E-state index contributed by atoms with van der Waals surface area (Å²) in [7, 11) is -4.01. The lowest BCUT2D eigenvalue weighted by molar-refractivity contribution is -0.385. The number of carbonyl (C=O) groups is 1. The second kappa shape index (κ2) is 8.63. The number of anilines is 1. The minimum absolute atomic E-state index is 0.220. The number of nitro benzene ring substituents is 1. The van der Waals surface area contributed by atoms with E-state index in [1.807, 2.05) is 6.92 Å². The van der Waals surface area contributed by atoms with Crippen LogP contribution < -0.4 is 4.72 Å². The first-order valence-electron chi connectivity index (χ1n) is 8.29. The molecule has 0 fully saturated rings. The highest BCUT2D eigenvalue weighted by atomic mass is 32.2. The van der Waals surface area contributed by atoms with Crippen molar-refractivity contribution in [3.05, 3.63) is 63.7 Å². The van der Waals surface area contributed by atoms with Crippen LogP contribution in [0.2, 0.25) is 0 Å². The number of nitrogens with one attached hydrogen (secondary N) is 1. The quantitative estimate of drug-likeness (QED) is 0.317. The number of hydrogen-bond acceptors (Lipinski definition) is 6. The molecule has 2 aromatic rings. The summed E-state index contributed by atoms with van der Waals surface area (Å²) < 4.78 is 32.3. The van der Waals surface area contributed by atoms with Gasteiger partial charge in [-0.15, -0.1) is 0 Å². The normalized spacial score (nSPS) is 11.0. The molecule has 0 aromatic heterocycles. The molecule has 0 bridgehead atoms. The fourth-order valence-corrected chi connectivity index (χ4v) is 3.31. The molecule has 27 heavy (non-hydrogen) atoms. The standard InChI is InChI=1S/C18H20N2O6S/c1-3-4-11-26-18(21)14-6-8-15(9-7-14)19-27(24,25)16-10-5-13(2)17(12-16)20(22)23/h5-10,12,19H,3-4,11H2,1-2H3. The van der Waals surface area contributed by atoms with Crippen LogP contribution in [0.3, 0.4) is 0 Å². The summed E-state index contributed by atoms with van der Waals surface area (Å²) in [6.07, 6.45) is 1.68. The molecule has 0 saturated heterocycles. The molecule has 0 atom stereocenters. The fourth-order valence-electron chi connectivity index (χ4n) is 2.23. The van der Waals surface area contributed by atoms with Crippen molar-refractivity contribution in [1.82, 2.24) is 0 Å². The Morgan fingerprint density at radius 1 is 1.19 bits per heavy atom. The molecule has 2 rings (SSSR count). The number of sulfonamides is 1. The van der Waals surface area contributed by atoms with Gasteiger partial charge in [-0.05, 0) is 43.7 Å². The summed E-state index contributed by atoms with van der Waals surface area (Å²) >= 11 is 0. The highest BCUT2D eigenvalue weighted by Crippen LogP contribution is 2.24. The third-order valence-electron chi connectivity index (χ3n) is 3.79. The molecule has 9 heteroatoms. The fraction of sp³-hybridized carbons (Fsp3) is 0.278. The van der Waals surface area contributed by atoms with Crippen LogP contribution in [0.5, 0.6) is 0 Å². The number of hydrogen-bond donors (Lipinski definition) is 1. The van der Waals surface area contributed by atoms with Crippen molar-refractivity contribution >= 4 is 27.4 Å². The van der Waals surface area contributed by atoms with Gasteiger partial charge in [-0.3, -0.25) is 14.8 Å². The largest absolute Gasteiger partial charge is 0.462 e. The summed E-state index contributed by atoms with van der Waals surface area (Å²) in [5.41, 5.74) is 0.622. The number of aryl methyl sites for hydroxylation is 1. The highest BCUT2D eigenvalue weighted by molar-refractivity contribution is 7.92. The van der Waals surface area contributed by atoms with E-state index in [-0.39, 0.29) is 16.3 Å². The molecular weight excluding hydrogens is 372 g/mol. The van der Waals surface area contributed by atoms with Crippen LogP contribution in [0.1, 0.15) is 35.7 Å². The van der Waals surface area contributed by atoms with Gasteiger partial charge in [0.1, 0.15) is 0 Å². The Bertz CT molecular complexity index is 939. The highest BCUT2D eigenvalue weighted by Gasteiger charge is 2.20. The first-order valence-corrected chi connectivity index (χ1v) is 9.78. The monoisotopic (exact) mass is 392 g/mol. The number of carbonyl (C=O) groups excluding carboxylic acids is 1. The molecule has 8 nitrogen and oxygen atoms in total. The minimum atomic E-state index is -4.01. The molecule has 0 saturated carbocycles. The number of ether oxygens (including phenoxy) is 1. The summed E-state index contributed by atoms with van der Waals surface area (Å²) in [6.45, 7) is 3.84. The molecule has 2 aromatic carbocycles. The molecule has 0 aliphatic carbocycles. The molecule has 0 radical (unpaired) electrons. The maximum Gasteiger partial charge on any atom is 0.338 e. The maximum absolute atomic E-state index is 12.5. The number of unbranched alkanes of at least 4 members (excludes halogenated alkanes) is 1. The lowest BCUT2D eigenvalue weighted by Crippen LogP contribution is -2.13. The minimum Gasteiger partial charge on any atom is -0.462 e. The van der Waals surface area contributed by atoms with Gasteiger partial charge in [0.15, 0.2) is 0 Å². The summed E-state index contributed by atoms with van der Waals surface area (Å²) in [6, 6.07) is 9.43. The van der Waals surface area contributed by atoms with Crippen LogP contribution in [0.15, 0.2) is 47.4 Å². The zero-order chi connectivity index (χ0) is 20.0. The van der Waals surface area contributed by atoms with Crippen LogP contribution >= 0.6 is 0 Å². The lowest BCUT2D eigenvalue weighted by Gasteiger charge is -2.09. The Morgan fingerprint density at radius 3 is 2.44 bits per heavy atom. The number of esters is 1. The van der Waals surface area contributed by atoms with Crippen molar-refractivity contribution in [3.8, 4) is 0 Å². The van der Waals surface area contributed by atoms with E-state index in [4.69, 9.17) is 4.74 Å². The van der Waals surface area contributed by atoms with Crippen LogP contribution in [-0.4, -0.2) is 25.9 Å². The van der Waals surface area contributed by atoms with E-state index in [9.17, 15) is 23.3 Å². The van der Waals surface area contributed by atoms with E-state index in [0.717, 1.165) is 18.9 Å². The van der Waals surface area contributed by atoms with Gasteiger partial charge in [0, 0.05) is 17.3 Å². The molecule has 144 valence electrons. The van der Waals surface area contributed by atoms with Crippen LogP contribution in [0.25, 0.3) is 0 Å². The predicted octanol–water partition coefficient (Wildman–Crippen LogP) is 3.66. The van der Waals surface area contributed by atoms with Gasteiger partial charge in [0.25, 0.3) is 15.7 Å². The molecule has 0 spiro atoms. The average molecular weight is 392 g/mol. The summed E-state index contributed by atoms with van der Waals surface area (Å²) in [4.78, 5) is 22.0. The van der Waals surface area contributed by atoms with Crippen molar-refractivity contribution in [2.24, 2.45) is 0 Å². The third-order valence-corrected chi connectivity index (χ3v) is 5.17. The van der Waals surface area contributed by atoms with Crippen molar-refractivity contribution in [2.45, 2.75) is 31.6 Å². The predicted molar refractivity (Wildman–Crippen MR) is 100 cm³/mol. The van der Waals surface area contributed by atoms with Crippen molar-refractivity contribution in [2.75, 3.05) is 11.3 Å². The van der Waals surface area contributed by atoms with Crippen LogP contribution in [0.4, 0.5) is 11.4 Å². The van der Waals surface area contributed by atoms with Gasteiger partial charge in [0.05, 0.1) is 22.0 Å². The van der Waals surface area contributed by atoms with E-state index in [0.29, 0.717) is 17.7 Å². The van der Waals surface area contributed by atoms with E-state index in [2.05, 4.69) is 4.72 Å². The topological polar surface area (TPSA) is 116 Å². The molecule has 0 aliphatic heterocycles. The second-order valence-electron chi connectivity index (χ2n) is 5.88. The summed E-state index contributed by atoms with van der Waals surface area (Å²) in [5, 5.41) is 11.0. The molecule has 1 N–H and O–H groups in total. The Labute approximate surface area is 157 Å². The number of benzene rings is 2. The number of nitrogens with zero attached hydrogens (tertiary/aromatic N) is 1. The van der Waals surface area contributed by atoms with E-state index < -0.39 is 20.9 Å². The van der Waals surface area contributed by atoms with Crippen molar-refractivity contribution in [3.63, 3.8) is 0 Å².